The van der Waals surface area contributed by atoms with Gasteiger partial charge in [0, 0.05) is 0 Å². The normalized spacial score (nSPS) is 18.4. The van der Waals surface area contributed by atoms with Crippen molar-refractivity contribution in [2.75, 3.05) is 0 Å². The van der Waals surface area contributed by atoms with Crippen molar-refractivity contribution in [1.29, 1.82) is 0 Å². The van der Waals surface area contributed by atoms with E-state index in [9.17, 15) is 0 Å². The van der Waals surface area contributed by atoms with E-state index in [-0.39, 0.29) is 5.41 Å². The van der Waals surface area contributed by atoms with Crippen LogP contribution in [0.3, 0.4) is 0 Å². The lowest BCUT2D eigenvalue weighted by atomic mass is 9.89. The first-order chi connectivity index (χ1) is 12.6. The van der Waals surface area contributed by atoms with Gasteiger partial charge in [0.1, 0.15) is 11.5 Å². The lowest BCUT2D eigenvalue weighted by Gasteiger charge is -2.16. The Labute approximate surface area is 152 Å². The maximum absolute atomic E-state index is 5.94. The molecule has 1 aromatic heterocycles. The SMILES string of the molecule is Cc1ccc(C2(C)C=c3cccc(-c4ccc5ccccc5c4)c3=C2)o1. The smallest absolute Gasteiger partial charge is 0.117 e. The first-order valence-corrected chi connectivity index (χ1v) is 9.03. The van der Waals surface area contributed by atoms with E-state index >= 15 is 0 Å². The minimum Gasteiger partial charge on any atom is -0.465 e. The highest BCUT2D eigenvalue weighted by Gasteiger charge is 2.28. The van der Waals surface area contributed by atoms with Crippen molar-refractivity contribution in [1.82, 2.24) is 0 Å². The number of hydrogen-bond donors (Lipinski definition) is 0. The molecule has 0 radical (unpaired) electrons. The number of fused-ring (bicyclic) bond motifs is 2. The highest BCUT2D eigenvalue weighted by molar-refractivity contribution is 5.88. The van der Waals surface area contributed by atoms with Gasteiger partial charge in [-0.15, -0.1) is 0 Å². The van der Waals surface area contributed by atoms with E-state index in [1.54, 1.807) is 0 Å². The topological polar surface area (TPSA) is 13.1 Å². The molecule has 1 heterocycles. The van der Waals surface area contributed by atoms with Crippen LogP contribution in [-0.2, 0) is 5.41 Å². The Morgan fingerprint density at radius 2 is 1.62 bits per heavy atom. The van der Waals surface area contributed by atoms with Crippen LogP contribution >= 0.6 is 0 Å². The van der Waals surface area contributed by atoms with Crippen molar-refractivity contribution in [2.45, 2.75) is 19.3 Å². The fourth-order valence-electron chi connectivity index (χ4n) is 4.01. The second-order valence-corrected chi connectivity index (χ2v) is 7.35. The van der Waals surface area contributed by atoms with Gasteiger partial charge in [0.25, 0.3) is 0 Å². The van der Waals surface area contributed by atoms with E-state index in [1.165, 1.54) is 32.3 Å². The fourth-order valence-corrected chi connectivity index (χ4v) is 4.01. The molecule has 0 bridgehead atoms. The third-order valence-corrected chi connectivity index (χ3v) is 5.37. The van der Waals surface area contributed by atoms with E-state index < -0.39 is 0 Å². The standard InChI is InChI=1S/C25H20O/c1-17-10-13-24(26-17)25(2)15-21-8-5-9-22(23(21)16-25)20-12-11-18-6-3-4-7-19(18)14-20/h3-16H,1-2H3. The van der Waals surface area contributed by atoms with Crippen molar-refractivity contribution in [2.24, 2.45) is 0 Å². The summed E-state index contributed by atoms with van der Waals surface area (Å²) in [5.41, 5.74) is 2.32. The molecule has 4 aromatic rings. The summed E-state index contributed by atoms with van der Waals surface area (Å²) >= 11 is 0. The second kappa shape index (κ2) is 5.47. The molecule has 1 nitrogen and oxygen atoms in total. The molecule has 1 heteroatoms. The molecule has 0 saturated heterocycles. The monoisotopic (exact) mass is 336 g/mol. The molecule has 1 aliphatic carbocycles. The van der Waals surface area contributed by atoms with Gasteiger partial charge in [-0.2, -0.15) is 0 Å². The minimum absolute atomic E-state index is 0.205. The van der Waals surface area contributed by atoms with Crippen LogP contribution < -0.4 is 10.4 Å². The summed E-state index contributed by atoms with van der Waals surface area (Å²) in [4.78, 5) is 0. The van der Waals surface area contributed by atoms with Crippen LogP contribution in [0.5, 0.6) is 0 Å². The average molecular weight is 336 g/mol. The molecule has 0 N–H and O–H groups in total. The molecule has 0 saturated carbocycles. The van der Waals surface area contributed by atoms with Crippen molar-refractivity contribution in [3.63, 3.8) is 0 Å². The first kappa shape index (κ1) is 15.2. The number of furan rings is 1. The average Bonchev–Trinajstić information content (AvgIpc) is 3.24. The van der Waals surface area contributed by atoms with E-state index in [4.69, 9.17) is 4.42 Å². The number of rotatable bonds is 2. The molecule has 0 spiro atoms. The Balaban J connectivity index is 1.72. The molecule has 0 fully saturated rings. The Kier molecular flexibility index (Phi) is 3.20. The van der Waals surface area contributed by atoms with Crippen LogP contribution in [0.1, 0.15) is 18.4 Å². The van der Waals surface area contributed by atoms with Crippen molar-refractivity contribution < 1.29 is 4.42 Å². The van der Waals surface area contributed by atoms with Gasteiger partial charge in [-0.1, -0.05) is 66.7 Å². The van der Waals surface area contributed by atoms with Crippen LogP contribution in [0, 0.1) is 6.92 Å². The van der Waals surface area contributed by atoms with E-state index in [2.05, 4.69) is 85.8 Å². The Bertz CT molecular complexity index is 1260. The van der Waals surface area contributed by atoms with Gasteiger partial charge in [-0.25, -0.2) is 0 Å². The lowest BCUT2D eigenvalue weighted by Crippen LogP contribution is -2.22. The molecule has 1 atom stereocenters. The third kappa shape index (κ3) is 2.32. The highest BCUT2D eigenvalue weighted by atomic mass is 16.3. The van der Waals surface area contributed by atoms with Gasteiger partial charge in [-0.05, 0) is 64.4 Å². The lowest BCUT2D eigenvalue weighted by molar-refractivity contribution is 0.458. The zero-order valence-corrected chi connectivity index (χ0v) is 15.0. The molecule has 1 aliphatic rings. The van der Waals surface area contributed by atoms with Crippen LogP contribution in [-0.4, -0.2) is 0 Å². The van der Waals surface area contributed by atoms with Crippen molar-refractivity contribution in [3.05, 3.63) is 94.8 Å². The molecular formula is C25H20O. The molecule has 0 amide bonds. The predicted octanol–water partition coefficient (Wildman–Crippen LogP) is 4.94. The minimum atomic E-state index is -0.205. The van der Waals surface area contributed by atoms with Crippen LogP contribution in [0.15, 0.2) is 77.2 Å². The fraction of sp³-hybridized carbons (Fsp3) is 0.120. The van der Waals surface area contributed by atoms with Crippen LogP contribution in [0.25, 0.3) is 34.1 Å². The zero-order chi connectivity index (χ0) is 17.7. The summed E-state index contributed by atoms with van der Waals surface area (Å²) in [6.45, 7) is 4.21. The van der Waals surface area contributed by atoms with Crippen molar-refractivity contribution in [3.8, 4) is 11.1 Å². The first-order valence-electron chi connectivity index (χ1n) is 9.03. The maximum atomic E-state index is 5.94. The summed E-state index contributed by atoms with van der Waals surface area (Å²) in [6, 6.07) is 25.9. The van der Waals surface area contributed by atoms with Crippen LogP contribution in [0.4, 0.5) is 0 Å². The Hall–Kier alpha value is -3.06. The molecule has 0 aliphatic heterocycles. The maximum Gasteiger partial charge on any atom is 0.117 e. The molecule has 3 aromatic carbocycles. The van der Waals surface area contributed by atoms with Gasteiger partial charge in [-0.3, -0.25) is 0 Å². The summed E-state index contributed by atoms with van der Waals surface area (Å²) in [7, 11) is 0. The van der Waals surface area contributed by atoms with E-state index in [0.29, 0.717) is 0 Å². The number of benzene rings is 3. The highest BCUT2D eigenvalue weighted by Crippen LogP contribution is 2.31. The van der Waals surface area contributed by atoms with Gasteiger partial charge >= 0.3 is 0 Å². The quantitative estimate of drug-likeness (QED) is 0.505. The molecule has 26 heavy (non-hydrogen) atoms. The largest absolute Gasteiger partial charge is 0.465 e. The molecule has 5 rings (SSSR count). The van der Waals surface area contributed by atoms with E-state index in [1.807, 2.05) is 13.0 Å². The Morgan fingerprint density at radius 1 is 0.769 bits per heavy atom. The summed E-state index contributed by atoms with van der Waals surface area (Å²) in [6.07, 6.45) is 4.65. The van der Waals surface area contributed by atoms with E-state index in [0.717, 1.165) is 11.5 Å². The van der Waals surface area contributed by atoms with Crippen molar-refractivity contribution >= 4 is 22.9 Å². The van der Waals surface area contributed by atoms with Gasteiger partial charge in [0.2, 0.25) is 0 Å². The molecule has 126 valence electrons. The van der Waals surface area contributed by atoms with Gasteiger partial charge < -0.3 is 4.42 Å². The third-order valence-electron chi connectivity index (χ3n) is 5.37. The number of hydrogen-bond acceptors (Lipinski definition) is 1. The Morgan fingerprint density at radius 3 is 2.42 bits per heavy atom. The van der Waals surface area contributed by atoms with Gasteiger partial charge in [0.15, 0.2) is 0 Å². The van der Waals surface area contributed by atoms with Gasteiger partial charge in [0.05, 0.1) is 5.41 Å². The summed E-state index contributed by atoms with van der Waals surface area (Å²) in [5.74, 6) is 1.95. The second-order valence-electron chi connectivity index (χ2n) is 7.35. The summed E-state index contributed by atoms with van der Waals surface area (Å²) in [5, 5.41) is 5.11. The predicted molar refractivity (Wildman–Crippen MR) is 108 cm³/mol. The molecule has 1 unspecified atom stereocenters. The molecular weight excluding hydrogens is 316 g/mol. The van der Waals surface area contributed by atoms with Crippen LogP contribution in [0.2, 0.25) is 0 Å². The number of aryl methyl sites for hydroxylation is 1. The summed E-state index contributed by atoms with van der Waals surface area (Å²) < 4.78 is 5.94. The zero-order valence-electron chi connectivity index (χ0n) is 15.0.